The SMILES string of the molecule is Cc1cc(OCCCc2c(C(=O)NCCC(=O)NS(=O)(=O)C3CC3)[nH]c3ccccc23)cc(C)c1Cl. The average molecular weight is 532 g/mol. The molecule has 0 saturated heterocycles. The molecule has 0 atom stereocenters. The quantitative estimate of drug-likeness (QED) is 0.321. The van der Waals surface area contributed by atoms with Gasteiger partial charge in [0, 0.05) is 28.9 Å². The Kier molecular flexibility index (Phi) is 7.90. The number of H-pyrrole nitrogens is 1. The summed E-state index contributed by atoms with van der Waals surface area (Å²) in [5.41, 5.74) is 4.06. The Bertz CT molecular complexity index is 1370. The van der Waals surface area contributed by atoms with Crippen LogP contribution in [-0.2, 0) is 21.2 Å². The number of sulfonamides is 1. The lowest BCUT2D eigenvalue weighted by atomic mass is 10.1. The highest BCUT2D eigenvalue weighted by atomic mass is 35.5. The topological polar surface area (TPSA) is 117 Å². The highest BCUT2D eigenvalue weighted by molar-refractivity contribution is 7.90. The van der Waals surface area contributed by atoms with Crippen LogP contribution in [0.1, 0.15) is 52.9 Å². The normalized spacial score (nSPS) is 13.5. The predicted molar refractivity (Wildman–Crippen MR) is 140 cm³/mol. The van der Waals surface area contributed by atoms with E-state index in [0.717, 1.165) is 38.4 Å². The van der Waals surface area contributed by atoms with Crippen molar-refractivity contribution < 1.29 is 22.7 Å². The highest BCUT2D eigenvalue weighted by Gasteiger charge is 2.36. The molecule has 1 aliphatic rings. The van der Waals surface area contributed by atoms with Gasteiger partial charge in [0.1, 0.15) is 11.4 Å². The Hall–Kier alpha value is -3.04. The van der Waals surface area contributed by atoms with Crippen LogP contribution < -0.4 is 14.8 Å². The monoisotopic (exact) mass is 531 g/mol. The molecule has 0 unspecified atom stereocenters. The van der Waals surface area contributed by atoms with Crippen LogP contribution in [-0.4, -0.2) is 43.6 Å². The van der Waals surface area contributed by atoms with Gasteiger partial charge in [-0.2, -0.15) is 0 Å². The summed E-state index contributed by atoms with van der Waals surface area (Å²) >= 11 is 6.23. The molecule has 2 amide bonds. The number of fused-ring (bicyclic) bond motifs is 1. The van der Waals surface area contributed by atoms with Gasteiger partial charge in [-0.25, -0.2) is 8.42 Å². The minimum absolute atomic E-state index is 0.0258. The zero-order chi connectivity index (χ0) is 25.9. The molecule has 8 nitrogen and oxygen atoms in total. The van der Waals surface area contributed by atoms with E-state index in [-0.39, 0.29) is 18.9 Å². The zero-order valence-corrected chi connectivity index (χ0v) is 21.9. The number of aromatic nitrogens is 1. The summed E-state index contributed by atoms with van der Waals surface area (Å²) in [5, 5.41) is 3.94. The summed E-state index contributed by atoms with van der Waals surface area (Å²) in [7, 11) is -3.59. The molecule has 1 fully saturated rings. The maximum Gasteiger partial charge on any atom is 0.268 e. The van der Waals surface area contributed by atoms with Crippen molar-refractivity contribution in [2.75, 3.05) is 13.2 Å². The minimum Gasteiger partial charge on any atom is -0.494 e. The molecule has 3 N–H and O–H groups in total. The van der Waals surface area contributed by atoms with Gasteiger partial charge >= 0.3 is 0 Å². The molecule has 0 spiro atoms. The van der Waals surface area contributed by atoms with Crippen molar-refractivity contribution in [2.45, 2.75) is 51.2 Å². The maximum atomic E-state index is 12.9. The first-order chi connectivity index (χ1) is 17.2. The number of aryl methyl sites for hydroxylation is 3. The van der Waals surface area contributed by atoms with Crippen molar-refractivity contribution in [2.24, 2.45) is 0 Å². The van der Waals surface area contributed by atoms with E-state index in [0.29, 0.717) is 38.0 Å². The Morgan fingerprint density at radius 1 is 1.14 bits per heavy atom. The highest BCUT2D eigenvalue weighted by Crippen LogP contribution is 2.28. The van der Waals surface area contributed by atoms with Gasteiger partial charge in [-0.1, -0.05) is 29.8 Å². The number of nitrogens with one attached hydrogen (secondary N) is 3. The third-order valence-corrected chi connectivity index (χ3v) is 8.60. The lowest BCUT2D eigenvalue weighted by molar-refractivity contribution is -0.119. The first kappa shape index (κ1) is 26.0. The van der Waals surface area contributed by atoms with Crippen LogP contribution in [0.15, 0.2) is 36.4 Å². The Morgan fingerprint density at radius 3 is 2.53 bits per heavy atom. The molecule has 1 aliphatic carbocycles. The van der Waals surface area contributed by atoms with Crippen LogP contribution in [0, 0.1) is 13.8 Å². The molecule has 192 valence electrons. The predicted octanol–water partition coefficient (Wildman–Crippen LogP) is 4.18. The van der Waals surface area contributed by atoms with E-state index in [4.69, 9.17) is 16.3 Å². The van der Waals surface area contributed by atoms with Crippen LogP contribution in [0.4, 0.5) is 0 Å². The molecule has 0 radical (unpaired) electrons. The number of para-hydroxylation sites is 1. The molecule has 1 saturated carbocycles. The molecule has 0 aliphatic heterocycles. The average Bonchev–Trinajstić information content (AvgIpc) is 3.63. The molecule has 10 heteroatoms. The summed E-state index contributed by atoms with van der Waals surface area (Å²) < 4.78 is 31.8. The van der Waals surface area contributed by atoms with Crippen molar-refractivity contribution in [3.63, 3.8) is 0 Å². The summed E-state index contributed by atoms with van der Waals surface area (Å²) in [6, 6.07) is 11.5. The fraction of sp³-hybridized carbons (Fsp3) is 0.385. The number of amides is 2. The molecule has 36 heavy (non-hydrogen) atoms. The van der Waals surface area contributed by atoms with Gasteiger partial charge < -0.3 is 15.0 Å². The maximum absolute atomic E-state index is 12.9. The van der Waals surface area contributed by atoms with E-state index in [2.05, 4.69) is 15.0 Å². The number of ether oxygens (including phenoxy) is 1. The number of hydrogen-bond donors (Lipinski definition) is 3. The third kappa shape index (κ3) is 6.20. The lowest BCUT2D eigenvalue weighted by Crippen LogP contribution is -2.36. The Balaban J connectivity index is 1.35. The van der Waals surface area contributed by atoms with Crippen molar-refractivity contribution in [1.82, 2.24) is 15.0 Å². The number of aromatic amines is 1. The number of rotatable bonds is 11. The second-order valence-electron chi connectivity index (χ2n) is 9.12. The van der Waals surface area contributed by atoms with Crippen LogP contribution in [0.25, 0.3) is 10.9 Å². The molecule has 2 aromatic carbocycles. The molecule has 1 aromatic heterocycles. The van der Waals surface area contributed by atoms with Gasteiger partial charge in [0.2, 0.25) is 15.9 Å². The van der Waals surface area contributed by atoms with Crippen molar-refractivity contribution in [3.8, 4) is 5.75 Å². The van der Waals surface area contributed by atoms with E-state index in [1.165, 1.54) is 0 Å². The zero-order valence-electron chi connectivity index (χ0n) is 20.3. The van der Waals surface area contributed by atoms with Crippen molar-refractivity contribution >= 4 is 44.3 Å². The molecule has 0 bridgehead atoms. The minimum atomic E-state index is -3.59. The summed E-state index contributed by atoms with van der Waals surface area (Å²) in [6.07, 6.45) is 2.32. The Labute approximate surface area is 215 Å². The van der Waals surface area contributed by atoms with E-state index in [1.807, 2.05) is 50.2 Å². The second kappa shape index (κ2) is 10.9. The number of hydrogen-bond acceptors (Lipinski definition) is 5. The standard InChI is InChI=1S/C26H30ClN3O5S/c1-16-14-18(15-17(2)24(16)27)35-13-5-7-21-20-6-3-4-8-22(20)29-25(21)26(32)28-12-11-23(31)30-36(33,34)19-9-10-19/h3-4,6,8,14-15,19,29H,5,7,9-13H2,1-2H3,(H,28,32)(H,30,31). The van der Waals surface area contributed by atoms with Crippen LogP contribution in [0.5, 0.6) is 5.75 Å². The second-order valence-corrected chi connectivity index (χ2v) is 11.5. The number of benzene rings is 2. The third-order valence-electron chi connectivity index (χ3n) is 6.15. The van der Waals surface area contributed by atoms with Gasteiger partial charge in [0.15, 0.2) is 0 Å². The summed E-state index contributed by atoms with van der Waals surface area (Å²) in [4.78, 5) is 28.1. The summed E-state index contributed by atoms with van der Waals surface area (Å²) in [5.74, 6) is -0.207. The van der Waals surface area contributed by atoms with Gasteiger partial charge in [-0.3, -0.25) is 14.3 Å². The number of halogens is 1. The van der Waals surface area contributed by atoms with Crippen molar-refractivity contribution in [1.29, 1.82) is 0 Å². The first-order valence-corrected chi connectivity index (χ1v) is 13.9. The van der Waals surface area contributed by atoms with Crippen LogP contribution in [0.3, 0.4) is 0 Å². The lowest BCUT2D eigenvalue weighted by Gasteiger charge is -2.11. The van der Waals surface area contributed by atoms with Crippen LogP contribution in [0.2, 0.25) is 5.02 Å². The molecule has 4 rings (SSSR count). The number of carbonyl (C=O) groups is 2. The van der Waals surface area contributed by atoms with Gasteiger partial charge in [-0.15, -0.1) is 0 Å². The van der Waals surface area contributed by atoms with Gasteiger partial charge in [0.25, 0.3) is 5.91 Å². The fourth-order valence-corrected chi connectivity index (χ4v) is 5.58. The fourth-order valence-electron chi connectivity index (χ4n) is 4.13. The van der Waals surface area contributed by atoms with E-state index >= 15 is 0 Å². The van der Waals surface area contributed by atoms with Crippen LogP contribution >= 0.6 is 11.6 Å². The molecule has 3 aromatic rings. The smallest absolute Gasteiger partial charge is 0.268 e. The van der Waals surface area contributed by atoms with E-state index in [1.54, 1.807) is 0 Å². The molecular weight excluding hydrogens is 502 g/mol. The first-order valence-electron chi connectivity index (χ1n) is 12.0. The van der Waals surface area contributed by atoms with E-state index in [9.17, 15) is 18.0 Å². The van der Waals surface area contributed by atoms with Gasteiger partial charge in [-0.05, 0) is 74.4 Å². The van der Waals surface area contributed by atoms with E-state index < -0.39 is 21.2 Å². The van der Waals surface area contributed by atoms with Gasteiger partial charge in [0.05, 0.1) is 11.9 Å². The van der Waals surface area contributed by atoms with Crippen molar-refractivity contribution in [3.05, 3.63) is 63.8 Å². The summed E-state index contributed by atoms with van der Waals surface area (Å²) in [6.45, 7) is 4.37. The molecular formula is C26H30ClN3O5S. The largest absolute Gasteiger partial charge is 0.494 e. The number of carbonyl (C=O) groups excluding carboxylic acids is 2. The molecule has 1 heterocycles. The Morgan fingerprint density at radius 2 is 1.83 bits per heavy atom.